The molecular formula is C16H17FN2O2. The Bertz CT molecular complexity index is 656. The first-order valence-electron chi connectivity index (χ1n) is 6.59. The number of nitrogen functional groups attached to an aromatic ring is 1. The van der Waals surface area contributed by atoms with E-state index in [1.165, 1.54) is 12.1 Å². The Morgan fingerprint density at radius 2 is 2.00 bits per heavy atom. The van der Waals surface area contributed by atoms with Crippen molar-refractivity contribution < 1.29 is 13.9 Å². The number of halogens is 1. The van der Waals surface area contributed by atoms with Gasteiger partial charge in [0.05, 0.1) is 11.8 Å². The van der Waals surface area contributed by atoms with E-state index in [-0.39, 0.29) is 11.8 Å². The summed E-state index contributed by atoms with van der Waals surface area (Å²) in [5.74, 6) is -0.388. The summed E-state index contributed by atoms with van der Waals surface area (Å²) in [5.41, 5.74) is 6.25. The van der Waals surface area contributed by atoms with E-state index in [0.29, 0.717) is 17.0 Å². The van der Waals surface area contributed by atoms with Gasteiger partial charge in [-0.1, -0.05) is 6.07 Å². The zero-order valence-electron chi connectivity index (χ0n) is 11.9. The SMILES string of the molecule is CC(C)Oc1cccc(C(=O)Nc2ccc(N)cc2F)c1. The molecule has 2 aromatic carbocycles. The van der Waals surface area contributed by atoms with Crippen LogP contribution in [0.4, 0.5) is 15.8 Å². The highest BCUT2D eigenvalue weighted by Gasteiger charge is 2.10. The zero-order valence-corrected chi connectivity index (χ0v) is 11.9. The summed E-state index contributed by atoms with van der Waals surface area (Å²) >= 11 is 0. The minimum atomic E-state index is -0.571. The number of anilines is 2. The molecule has 0 fully saturated rings. The van der Waals surface area contributed by atoms with E-state index < -0.39 is 11.7 Å². The number of rotatable bonds is 4. The number of hydrogen-bond acceptors (Lipinski definition) is 3. The highest BCUT2D eigenvalue weighted by Crippen LogP contribution is 2.19. The van der Waals surface area contributed by atoms with Gasteiger partial charge in [-0.05, 0) is 50.2 Å². The first-order valence-corrected chi connectivity index (χ1v) is 6.59. The molecular weight excluding hydrogens is 271 g/mol. The Morgan fingerprint density at radius 1 is 1.24 bits per heavy atom. The van der Waals surface area contributed by atoms with Crippen molar-refractivity contribution in [1.82, 2.24) is 0 Å². The van der Waals surface area contributed by atoms with Crippen molar-refractivity contribution >= 4 is 17.3 Å². The van der Waals surface area contributed by atoms with E-state index in [9.17, 15) is 9.18 Å². The van der Waals surface area contributed by atoms with Gasteiger partial charge < -0.3 is 15.8 Å². The lowest BCUT2D eigenvalue weighted by Crippen LogP contribution is -2.13. The van der Waals surface area contributed by atoms with E-state index in [1.54, 1.807) is 24.3 Å². The number of ether oxygens (including phenoxy) is 1. The third kappa shape index (κ3) is 3.95. The molecule has 5 heteroatoms. The average molecular weight is 288 g/mol. The summed E-state index contributed by atoms with van der Waals surface area (Å²) in [6.07, 6.45) is 0.0119. The molecule has 0 heterocycles. The van der Waals surface area contributed by atoms with Gasteiger partial charge in [-0.2, -0.15) is 0 Å². The van der Waals surface area contributed by atoms with E-state index in [2.05, 4.69) is 5.32 Å². The van der Waals surface area contributed by atoms with Gasteiger partial charge in [0.25, 0.3) is 5.91 Å². The number of carbonyl (C=O) groups is 1. The minimum absolute atomic E-state index is 0.0119. The fraction of sp³-hybridized carbons (Fsp3) is 0.188. The van der Waals surface area contributed by atoms with Crippen LogP contribution in [0.5, 0.6) is 5.75 Å². The predicted octanol–water partition coefficient (Wildman–Crippen LogP) is 3.45. The van der Waals surface area contributed by atoms with Crippen LogP contribution in [0.2, 0.25) is 0 Å². The molecule has 0 atom stereocenters. The summed E-state index contributed by atoms with van der Waals surface area (Å²) in [5, 5.41) is 2.51. The van der Waals surface area contributed by atoms with E-state index >= 15 is 0 Å². The molecule has 0 unspecified atom stereocenters. The zero-order chi connectivity index (χ0) is 15.4. The maximum absolute atomic E-state index is 13.7. The molecule has 2 rings (SSSR count). The van der Waals surface area contributed by atoms with Crippen LogP contribution in [0.15, 0.2) is 42.5 Å². The number of nitrogens with two attached hydrogens (primary N) is 1. The van der Waals surface area contributed by atoms with E-state index in [0.717, 1.165) is 6.07 Å². The topological polar surface area (TPSA) is 64.3 Å². The van der Waals surface area contributed by atoms with Crippen molar-refractivity contribution in [2.75, 3.05) is 11.1 Å². The first-order chi connectivity index (χ1) is 9.95. The lowest BCUT2D eigenvalue weighted by atomic mass is 10.2. The fourth-order valence-electron chi connectivity index (χ4n) is 1.81. The molecule has 0 bridgehead atoms. The first kappa shape index (κ1) is 14.8. The van der Waals surface area contributed by atoms with Crippen molar-refractivity contribution in [2.45, 2.75) is 20.0 Å². The van der Waals surface area contributed by atoms with Crippen LogP contribution in [-0.2, 0) is 0 Å². The second kappa shape index (κ2) is 6.26. The smallest absolute Gasteiger partial charge is 0.255 e. The molecule has 0 saturated carbocycles. The van der Waals surface area contributed by atoms with Gasteiger partial charge in [-0.3, -0.25) is 4.79 Å². The Hall–Kier alpha value is -2.56. The Labute approximate surface area is 122 Å². The quantitative estimate of drug-likeness (QED) is 0.847. The van der Waals surface area contributed by atoms with Crippen LogP contribution in [0.25, 0.3) is 0 Å². The van der Waals surface area contributed by atoms with E-state index in [1.807, 2.05) is 13.8 Å². The van der Waals surface area contributed by atoms with E-state index in [4.69, 9.17) is 10.5 Å². The maximum atomic E-state index is 13.7. The number of hydrogen-bond donors (Lipinski definition) is 2. The summed E-state index contributed by atoms with van der Waals surface area (Å²) in [4.78, 5) is 12.1. The minimum Gasteiger partial charge on any atom is -0.491 e. The van der Waals surface area contributed by atoms with Gasteiger partial charge in [-0.25, -0.2) is 4.39 Å². The monoisotopic (exact) mass is 288 g/mol. The van der Waals surface area contributed by atoms with Gasteiger partial charge >= 0.3 is 0 Å². The summed E-state index contributed by atoms with van der Waals surface area (Å²) in [6, 6.07) is 10.8. The molecule has 0 spiro atoms. The summed E-state index contributed by atoms with van der Waals surface area (Å²) < 4.78 is 19.2. The summed E-state index contributed by atoms with van der Waals surface area (Å²) in [6.45, 7) is 3.80. The van der Waals surface area contributed by atoms with Crippen molar-refractivity contribution in [1.29, 1.82) is 0 Å². The van der Waals surface area contributed by atoms with Gasteiger partial charge in [0.15, 0.2) is 0 Å². The van der Waals surface area contributed by atoms with Gasteiger partial charge in [0.2, 0.25) is 0 Å². The average Bonchev–Trinajstić information content (AvgIpc) is 2.41. The van der Waals surface area contributed by atoms with Crippen LogP contribution in [0.1, 0.15) is 24.2 Å². The van der Waals surface area contributed by atoms with Crippen LogP contribution in [0.3, 0.4) is 0 Å². The molecule has 0 saturated heterocycles. The highest BCUT2D eigenvalue weighted by atomic mass is 19.1. The molecule has 110 valence electrons. The van der Waals surface area contributed by atoms with Crippen molar-refractivity contribution in [3.63, 3.8) is 0 Å². The third-order valence-electron chi connectivity index (χ3n) is 2.71. The van der Waals surface area contributed by atoms with Crippen molar-refractivity contribution in [2.24, 2.45) is 0 Å². The second-order valence-electron chi connectivity index (χ2n) is 4.89. The van der Waals surface area contributed by atoms with Crippen LogP contribution >= 0.6 is 0 Å². The Balaban J connectivity index is 2.16. The predicted molar refractivity (Wildman–Crippen MR) is 81.0 cm³/mol. The van der Waals surface area contributed by atoms with Crippen molar-refractivity contribution in [3.05, 3.63) is 53.8 Å². The van der Waals surface area contributed by atoms with Crippen LogP contribution < -0.4 is 15.8 Å². The second-order valence-corrected chi connectivity index (χ2v) is 4.89. The standard InChI is InChI=1S/C16H17FN2O2/c1-10(2)21-13-5-3-4-11(8-13)16(20)19-15-7-6-12(18)9-14(15)17/h3-10H,18H2,1-2H3,(H,19,20). The van der Waals surface area contributed by atoms with Crippen molar-refractivity contribution in [3.8, 4) is 5.75 Å². The molecule has 0 radical (unpaired) electrons. The molecule has 2 aromatic rings. The normalized spacial score (nSPS) is 10.5. The molecule has 1 amide bonds. The Kier molecular flexibility index (Phi) is 4.42. The number of benzene rings is 2. The lowest BCUT2D eigenvalue weighted by Gasteiger charge is -2.11. The Morgan fingerprint density at radius 3 is 2.67 bits per heavy atom. The maximum Gasteiger partial charge on any atom is 0.255 e. The number of amides is 1. The van der Waals surface area contributed by atoms with Gasteiger partial charge in [0.1, 0.15) is 11.6 Å². The highest BCUT2D eigenvalue weighted by molar-refractivity contribution is 6.04. The molecule has 21 heavy (non-hydrogen) atoms. The molecule has 0 aliphatic heterocycles. The number of nitrogens with one attached hydrogen (secondary N) is 1. The summed E-state index contributed by atoms with van der Waals surface area (Å²) in [7, 11) is 0. The third-order valence-corrected chi connectivity index (χ3v) is 2.71. The molecule has 4 nitrogen and oxygen atoms in total. The fourth-order valence-corrected chi connectivity index (χ4v) is 1.81. The molecule has 0 aromatic heterocycles. The number of carbonyl (C=O) groups excluding carboxylic acids is 1. The molecule has 3 N–H and O–H groups in total. The van der Waals surface area contributed by atoms with Gasteiger partial charge in [-0.15, -0.1) is 0 Å². The van der Waals surface area contributed by atoms with Crippen LogP contribution in [0, 0.1) is 5.82 Å². The molecule has 0 aliphatic carbocycles. The largest absolute Gasteiger partial charge is 0.491 e. The molecule has 0 aliphatic rings. The van der Waals surface area contributed by atoms with Gasteiger partial charge in [0, 0.05) is 11.3 Å². The lowest BCUT2D eigenvalue weighted by molar-refractivity contribution is 0.102. The van der Waals surface area contributed by atoms with Crippen LogP contribution in [-0.4, -0.2) is 12.0 Å².